The normalized spacial score (nSPS) is 16.0. The van der Waals surface area contributed by atoms with Crippen molar-refractivity contribution in [2.45, 2.75) is 6.92 Å². The molecular weight excluding hydrogens is 526 g/mol. The van der Waals surface area contributed by atoms with Gasteiger partial charge < -0.3 is 24.3 Å². The van der Waals surface area contributed by atoms with Gasteiger partial charge in [0.2, 0.25) is 0 Å². The number of ketones is 1. The summed E-state index contributed by atoms with van der Waals surface area (Å²) in [4.78, 5) is 34.0. The van der Waals surface area contributed by atoms with Crippen LogP contribution in [0.4, 0.5) is 17.1 Å². The van der Waals surface area contributed by atoms with Crippen LogP contribution in [0.1, 0.15) is 17.4 Å². The molecule has 0 unspecified atom stereocenters. The summed E-state index contributed by atoms with van der Waals surface area (Å²) in [6.45, 7) is 14.0. The molecule has 4 heterocycles. The van der Waals surface area contributed by atoms with E-state index < -0.39 is 11.7 Å². The fourth-order valence-electron chi connectivity index (χ4n) is 5.85. The van der Waals surface area contributed by atoms with E-state index in [1.165, 1.54) is 5.57 Å². The maximum absolute atomic E-state index is 13.7. The summed E-state index contributed by atoms with van der Waals surface area (Å²) in [7, 11) is 0. The smallest absolute Gasteiger partial charge is 0.298 e. The van der Waals surface area contributed by atoms with E-state index in [9.17, 15) is 9.59 Å². The van der Waals surface area contributed by atoms with Crippen molar-refractivity contribution in [3.8, 4) is 11.1 Å². The van der Waals surface area contributed by atoms with Crippen LogP contribution in [0.3, 0.4) is 0 Å². The summed E-state index contributed by atoms with van der Waals surface area (Å²) in [5.41, 5.74) is 6.83. The molecule has 0 spiro atoms. The minimum atomic E-state index is -0.661. The molecule has 216 valence electrons. The van der Waals surface area contributed by atoms with Crippen LogP contribution in [0.25, 0.3) is 16.6 Å². The van der Waals surface area contributed by atoms with Crippen LogP contribution in [0.15, 0.2) is 91.1 Å². The van der Waals surface area contributed by atoms with Crippen molar-refractivity contribution in [3.05, 3.63) is 96.8 Å². The van der Waals surface area contributed by atoms with Gasteiger partial charge in [-0.2, -0.15) is 0 Å². The zero-order chi connectivity index (χ0) is 29.1. The summed E-state index contributed by atoms with van der Waals surface area (Å²) in [5.74, 6) is -1.24. The largest absolute Gasteiger partial charge is 0.378 e. The van der Waals surface area contributed by atoms with E-state index in [1.54, 1.807) is 4.40 Å². The highest BCUT2D eigenvalue weighted by molar-refractivity contribution is 6.47. The molecule has 2 fully saturated rings. The van der Waals surface area contributed by atoms with Crippen LogP contribution in [-0.4, -0.2) is 80.0 Å². The highest BCUT2D eigenvalue weighted by atomic mass is 16.5. The second kappa shape index (κ2) is 12.2. The van der Waals surface area contributed by atoms with Gasteiger partial charge in [-0.05, 0) is 67.1 Å². The number of rotatable bonds is 8. The quantitative estimate of drug-likeness (QED) is 0.186. The van der Waals surface area contributed by atoms with E-state index in [0.29, 0.717) is 11.4 Å². The minimum absolute atomic E-state index is 0.353. The molecule has 2 aromatic heterocycles. The Balaban J connectivity index is 1.18. The molecule has 1 amide bonds. The molecule has 0 radical (unpaired) electrons. The molecule has 0 bridgehead atoms. The Morgan fingerprint density at radius 1 is 0.833 bits per heavy atom. The number of fused-ring (bicyclic) bond motifs is 1. The van der Waals surface area contributed by atoms with Gasteiger partial charge >= 0.3 is 0 Å². The van der Waals surface area contributed by atoms with Gasteiger partial charge in [-0.25, -0.2) is 0 Å². The minimum Gasteiger partial charge on any atom is -0.378 e. The average Bonchev–Trinajstić information content (AvgIpc) is 3.41. The first-order chi connectivity index (χ1) is 20.5. The Bertz CT molecular complexity index is 1580. The maximum atomic E-state index is 13.7. The topological polar surface area (TPSA) is 69.5 Å². The number of benzene rings is 2. The first-order valence-electron chi connectivity index (χ1n) is 14.6. The third kappa shape index (κ3) is 5.95. The number of amides is 1. The molecule has 2 aliphatic heterocycles. The lowest BCUT2D eigenvalue weighted by atomic mass is 10.0. The van der Waals surface area contributed by atoms with Gasteiger partial charge in [-0.1, -0.05) is 30.4 Å². The van der Waals surface area contributed by atoms with E-state index in [4.69, 9.17) is 4.74 Å². The van der Waals surface area contributed by atoms with E-state index in [2.05, 4.69) is 45.7 Å². The number of morpholine rings is 1. The standard InChI is InChI=1S/C34H37N5O3/c1-25(2)24-36-15-17-37(18-16-36)29-12-8-27(9-13-29)35-34(41)33(40)32-31(23-30-5-3-4-14-39(30)32)26-6-10-28(11-7-26)38-19-21-42-22-20-38/h3-14,23H,1,15-22,24H2,2H3,(H,35,41). The second-order valence-corrected chi connectivity index (χ2v) is 11.1. The molecule has 2 saturated heterocycles. The van der Waals surface area contributed by atoms with Crippen LogP contribution >= 0.6 is 0 Å². The van der Waals surface area contributed by atoms with Crippen LogP contribution in [0.2, 0.25) is 0 Å². The fourth-order valence-corrected chi connectivity index (χ4v) is 5.85. The number of hydrogen-bond acceptors (Lipinski definition) is 6. The molecule has 2 aliphatic rings. The van der Waals surface area contributed by atoms with Gasteiger partial charge in [-0.15, -0.1) is 0 Å². The Labute approximate surface area is 246 Å². The lowest BCUT2D eigenvalue weighted by Gasteiger charge is -2.36. The van der Waals surface area contributed by atoms with Gasteiger partial charge in [0, 0.05) is 80.2 Å². The van der Waals surface area contributed by atoms with E-state index in [0.717, 1.165) is 87.0 Å². The molecule has 4 aromatic rings. The predicted octanol–water partition coefficient (Wildman–Crippen LogP) is 4.96. The van der Waals surface area contributed by atoms with Crippen LogP contribution in [0, 0.1) is 0 Å². The highest BCUT2D eigenvalue weighted by Gasteiger charge is 2.25. The maximum Gasteiger partial charge on any atom is 0.298 e. The molecular formula is C34H37N5O3. The number of Topliss-reactive ketones (excluding diaryl/α,β-unsaturated/α-hetero) is 1. The lowest BCUT2D eigenvalue weighted by Crippen LogP contribution is -2.46. The Morgan fingerprint density at radius 2 is 1.48 bits per heavy atom. The molecule has 0 aliphatic carbocycles. The van der Waals surface area contributed by atoms with Crippen LogP contribution in [-0.2, 0) is 9.53 Å². The summed E-state index contributed by atoms with van der Waals surface area (Å²) >= 11 is 0. The number of hydrogen-bond donors (Lipinski definition) is 1. The Hall–Kier alpha value is -4.40. The first-order valence-corrected chi connectivity index (χ1v) is 14.6. The number of piperazine rings is 1. The number of carbonyl (C=O) groups excluding carboxylic acids is 2. The van der Waals surface area contributed by atoms with E-state index in [-0.39, 0.29) is 0 Å². The SMILES string of the molecule is C=C(C)CN1CCN(c2ccc(NC(=O)C(=O)c3c(-c4ccc(N5CCOCC5)cc4)cc4ccccn34)cc2)CC1. The second-order valence-electron chi connectivity index (χ2n) is 11.1. The average molecular weight is 564 g/mol. The van der Waals surface area contributed by atoms with Gasteiger partial charge in [0.05, 0.1) is 13.2 Å². The monoisotopic (exact) mass is 563 g/mol. The number of aromatic nitrogens is 1. The number of ether oxygens (including phenoxy) is 1. The highest BCUT2D eigenvalue weighted by Crippen LogP contribution is 2.31. The van der Waals surface area contributed by atoms with Gasteiger partial charge in [0.25, 0.3) is 11.7 Å². The Kier molecular flexibility index (Phi) is 8.08. The van der Waals surface area contributed by atoms with Crippen molar-refractivity contribution in [2.24, 2.45) is 0 Å². The number of nitrogens with zero attached hydrogens (tertiary/aromatic N) is 4. The molecule has 0 atom stereocenters. The molecule has 8 heteroatoms. The van der Waals surface area contributed by atoms with Crippen LogP contribution < -0.4 is 15.1 Å². The van der Waals surface area contributed by atoms with Crippen molar-refractivity contribution in [1.29, 1.82) is 0 Å². The van der Waals surface area contributed by atoms with Crippen LogP contribution in [0.5, 0.6) is 0 Å². The van der Waals surface area contributed by atoms with E-state index in [1.807, 2.05) is 66.9 Å². The number of anilines is 3. The summed E-state index contributed by atoms with van der Waals surface area (Å²) in [6, 6.07) is 23.6. The third-order valence-corrected chi connectivity index (χ3v) is 8.01. The zero-order valence-corrected chi connectivity index (χ0v) is 24.1. The number of nitrogens with one attached hydrogen (secondary N) is 1. The van der Waals surface area contributed by atoms with Gasteiger partial charge in [0.15, 0.2) is 0 Å². The first kappa shape index (κ1) is 27.8. The lowest BCUT2D eigenvalue weighted by molar-refractivity contribution is -0.112. The fraction of sp³-hybridized carbons (Fsp3) is 0.294. The number of carbonyl (C=O) groups is 2. The molecule has 42 heavy (non-hydrogen) atoms. The van der Waals surface area contributed by atoms with Gasteiger partial charge in [0.1, 0.15) is 5.69 Å². The molecule has 8 nitrogen and oxygen atoms in total. The van der Waals surface area contributed by atoms with E-state index >= 15 is 0 Å². The summed E-state index contributed by atoms with van der Waals surface area (Å²) in [6.07, 6.45) is 1.83. The molecule has 2 aromatic carbocycles. The van der Waals surface area contributed by atoms with Crippen molar-refractivity contribution >= 4 is 34.3 Å². The van der Waals surface area contributed by atoms with Gasteiger partial charge in [-0.3, -0.25) is 14.5 Å². The molecule has 0 saturated carbocycles. The zero-order valence-electron chi connectivity index (χ0n) is 24.1. The molecule has 6 rings (SSSR count). The summed E-state index contributed by atoms with van der Waals surface area (Å²) in [5, 5.41) is 2.83. The van der Waals surface area contributed by atoms with Crippen molar-refractivity contribution in [2.75, 3.05) is 74.1 Å². The molecule has 1 N–H and O–H groups in total. The predicted molar refractivity (Wildman–Crippen MR) is 169 cm³/mol. The Morgan fingerprint density at radius 3 is 2.14 bits per heavy atom. The number of pyridine rings is 1. The summed E-state index contributed by atoms with van der Waals surface area (Å²) < 4.78 is 7.27. The van der Waals surface area contributed by atoms with Crippen molar-refractivity contribution in [3.63, 3.8) is 0 Å². The third-order valence-electron chi connectivity index (χ3n) is 8.01. The van der Waals surface area contributed by atoms with Crippen molar-refractivity contribution < 1.29 is 14.3 Å². The van der Waals surface area contributed by atoms with Crippen molar-refractivity contribution in [1.82, 2.24) is 9.30 Å².